The molecule has 2 aromatic rings. The standard InChI is InChI=1S/C14H17N3O3S/c1-20-14-10-12(5-6-13(14)15)17-21(18,19)9-7-11-4-2-3-8-16-11/h2-6,8,10,17H,7,9,15H2,1H3. The number of pyridine rings is 1. The van der Waals surface area contributed by atoms with Crippen molar-refractivity contribution in [2.24, 2.45) is 0 Å². The van der Waals surface area contributed by atoms with Crippen LogP contribution in [0.25, 0.3) is 0 Å². The molecule has 112 valence electrons. The number of anilines is 2. The fraction of sp³-hybridized carbons (Fsp3) is 0.214. The summed E-state index contributed by atoms with van der Waals surface area (Å²) in [5, 5.41) is 0. The number of benzene rings is 1. The van der Waals surface area contributed by atoms with Crippen molar-refractivity contribution in [2.75, 3.05) is 23.3 Å². The van der Waals surface area contributed by atoms with Crippen molar-refractivity contribution < 1.29 is 13.2 Å². The average molecular weight is 307 g/mol. The first kappa shape index (κ1) is 15.1. The maximum atomic E-state index is 12.0. The molecule has 21 heavy (non-hydrogen) atoms. The predicted molar refractivity (Wildman–Crippen MR) is 82.8 cm³/mol. The minimum Gasteiger partial charge on any atom is -0.495 e. The van der Waals surface area contributed by atoms with Gasteiger partial charge in [-0.05, 0) is 24.3 Å². The SMILES string of the molecule is COc1cc(NS(=O)(=O)CCc2ccccn2)ccc1N. The molecule has 0 saturated carbocycles. The molecule has 0 fully saturated rings. The van der Waals surface area contributed by atoms with Gasteiger partial charge in [0.15, 0.2) is 0 Å². The van der Waals surface area contributed by atoms with E-state index in [0.29, 0.717) is 23.5 Å². The number of nitrogens with one attached hydrogen (secondary N) is 1. The molecule has 0 aliphatic rings. The molecule has 0 radical (unpaired) electrons. The summed E-state index contributed by atoms with van der Waals surface area (Å²) < 4.78 is 31.7. The van der Waals surface area contributed by atoms with Gasteiger partial charge in [-0.1, -0.05) is 6.07 Å². The van der Waals surface area contributed by atoms with Crippen LogP contribution in [0.1, 0.15) is 5.69 Å². The summed E-state index contributed by atoms with van der Waals surface area (Å²) in [6, 6.07) is 10.1. The summed E-state index contributed by atoms with van der Waals surface area (Å²) in [5.74, 6) is 0.386. The van der Waals surface area contributed by atoms with Crippen LogP contribution in [0.5, 0.6) is 5.75 Å². The van der Waals surface area contributed by atoms with Crippen LogP contribution in [-0.2, 0) is 16.4 Å². The van der Waals surface area contributed by atoms with Gasteiger partial charge in [0.1, 0.15) is 5.75 Å². The average Bonchev–Trinajstić information content (AvgIpc) is 2.48. The lowest BCUT2D eigenvalue weighted by Gasteiger charge is -2.10. The van der Waals surface area contributed by atoms with Crippen molar-refractivity contribution in [3.05, 3.63) is 48.3 Å². The topological polar surface area (TPSA) is 94.3 Å². The zero-order valence-corrected chi connectivity index (χ0v) is 12.4. The van der Waals surface area contributed by atoms with Crippen molar-refractivity contribution in [1.29, 1.82) is 0 Å². The molecule has 0 atom stereocenters. The Labute approximate surface area is 124 Å². The van der Waals surface area contributed by atoms with E-state index < -0.39 is 10.0 Å². The molecule has 3 N–H and O–H groups in total. The van der Waals surface area contributed by atoms with E-state index in [1.165, 1.54) is 7.11 Å². The Bertz CT molecular complexity index is 703. The third-order valence-corrected chi connectivity index (χ3v) is 4.15. The lowest BCUT2D eigenvalue weighted by molar-refractivity contribution is 0.417. The molecule has 0 amide bonds. The van der Waals surface area contributed by atoms with Crippen LogP contribution in [0.3, 0.4) is 0 Å². The second-order valence-corrected chi connectivity index (χ2v) is 6.29. The van der Waals surface area contributed by atoms with Gasteiger partial charge in [-0.2, -0.15) is 0 Å². The largest absolute Gasteiger partial charge is 0.495 e. The highest BCUT2D eigenvalue weighted by Crippen LogP contribution is 2.25. The van der Waals surface area contributed by atoms with Crippen molar-refractivity contribution >= 4 is 21.4 Å². The Kier molecular flexibility index (Phi) is 4.64. The van der Waals surface area contributed by atoms with Gasteiger partial charge in [0, 0.05) is 24.4 Å². The predicted octanol–water partition coefficient (Wildman–Crippen LogP) is 1.66. The highest BCUT2D eigenvalue weighted by atomic mass is 32.2. The van der Waals surface area contributed by atoms with E-state index in [1.807, 2.05) is 6.07 Å². The van der Waals surface area contributed by atoms with Gasteiger partial charge in [0.25, 0.3) is 0 Å². The molecule has 7 heteroatoms. The number of rotatable bonds is 6. The maximum Gasteiger partial charge on any atom is 0.233 e. The molecule has 0 unspecified atom stereocenters. The molecule has 0 bridgehead atoms. The molecule has 1 aromatic heterocycles. The van der Waals surface area contributed by atoms with Gasteiger partial charge in [-0.25, -0.2) is 8.42 Å². The summed E-state index contributed by atoms with van der Waals surface area (Å²) in [4.78, 5) is 4.10. The number of nitrogens with zero attached hydrogens (tertiary/aromatic N) is 1. The summed E-state index contributed by atoms with van der Waals surface area (Å²) in [5.41, 5.74) is 7.29. The smallest absolute Gasteiger partial charge is 0.233 e. The fourth-order valence-electron chi connectivity index (χ4n) is 1.79. The van der Waals surface area contributed by atoms with Crippen LogP contribution in [0.15, 0.2) is 42.6 Å². The number of methoxy groups -OCH3 is 1. The molecular formula is C14H17N3O3S. The molecule has 6 nitrogen and oxygen atoms in total. The third-order valence-electron chi connectivity index (χ3n) is 2.86. The number of aromatic nitrogens is 1. The number of ether oxygens (including phenoxy) is 1. The molecular weight excluding hydrogens is 290 g/mol. The van der Waals surface area contributed by atoms with E-state index >= 15 is 0 Å². The highest BCUT2D eigenvalue weighted by Gasteiger charge is 2.12. The first-order valence-electron chi connectivity index (χ1n) is 6.34. The molecule has 0 saturated heterocycles. The summed E-state index contributed by atoms with van der Waals surface area (Å²) >= 11 is 0. The Morgan fingerprint density at radius 3 is 2.76 bits per heavy atom. The van der Waals surface area contributed by atoms with Crippen molar-refractivity contribution in [2.45, 2.75) is 6.42 Å². The van der Waals surface area contributed by atoms with E-state index in [2.05, 4.69) is 9.71 Å². The van der Waals surface area contributed by atoms with Crippen molar-refractivity contribution in [3.8, 4) is 5.75 Å². The van der Waals surface area contributed by atoms with Gasteiger partial charge >= 0.3 is 0 Å². The lowest BCUT2D eigenvalue weighted by Crippen LogP contribution is -2.18. The van der Waals surface area contributed by atoms with Gasteiger partial charge in [-0.15, -0.1) is 0 Å². The van der Waals surface area contributed by atoms with Crippen LogP contribution < -0.4 is 15.2 Å². The fourth-order valence-corrected chi connectivity index (χ4v) is 2.86. The quantitative estimate of drug-likeness (QED) is 0.791. The normalized spacial score (nSPS) is 11.1. The minimum atomic E-state index is -3.46. The number of nitrogen functional groups attached to an aromatic ring is 1. The first-order chi connectivity index (χ1) is 10.00. The van der Waals surface area contributed by atoms with Crippen LogP contribution in [-0.4, -0.2) is 26.3 Å². The van der Waals surface area contributed by atoms with E-state index in [-0.39, 0.29) is 5.75 Å². The highest BCUT2D eigenvalue weighted by molar-refractivity contribution is 7.92. The van der Waals surface area contributed by atoms with Crippen LogP contribution >= 0.6 is 0 Å². The maximum absolute atomic E-state index is 12.0. The van der Waals surface area contributed by atoms with E-state index in [1.54, 1.807) is 36.5 Å². The minimum absolute atomic E-state index is 0.0449. The first-order valence-corrected chi connectivity index (χ1v) is 7.99. The van der Waals surface area contributed by atoms with E-state index in [9.17, 15) is 8.42 Å². The zero-order valence-electron chi connectivity index (χ0n) is 11.6. The molecule has 0 aliphatic heterocycles. The molecule has 0 aliphatic carbocycles. The van der Waals surface area contributed by atoms with Gasteiger partial charge in [0.2, 0.25) is 10.0 Å². The molecule has 0 spiro atoms. The van der Waals surface area contributed by atoms with Crippen molar-refractivity contribution in [1.82, 2.24) is 4.98 Å². The van der Waals surface area contributed by atoms with Crippen LogP contribution in [0.2, 0.25) is 0 Å². The third kappa shape index (κ3) is 4.35. The summed E-state index contributed by atoms with van der Waals surface area (Å²) in [6.07, 6.45) is 1.99. The number of hydrogen-bond donors (Lipinski definition) is 2. The Morgan fingerprint density at radius 1 is 1.29 bits per heavy atom. The Balaban J connectivity index is 2.04. The number of aryl methyl sites for hydroxylation is 1. The summed E-state index contributed by atoms with van der Waals surface area (Å²) in [6.45, 7) is 0. The lowest BCUT2D eigenvalue weighted by atomic mass is 10.2. The number of hydrogen-bond acceptors (Lipinski definition) is 5. The summed E-state index contributed by atoms with van der Waals surface area (Å²) in [7, 11) is -1.98. The Morgan fingerprint density at radius 2 is 2.10 bits per heavy atom. The van der Waals surface area contributed by atoms with Crippen molar-refractivity contribution in [3.63, 3.8) is 0 Å². The monoisotopic (exact) mass is 307 g/mol. The molecule has 2 rings (SSSR count). The second kappa shape index (κ2) is 6.45. The van der Waals surface area contributed by atoms with E-state index in [0.717, 1.165) is 5.69 Å². The molecule has 1 aromatic carbocycles. The number of sulfonamides is 1. The molecule has 1 heterocycles. The van der Waals surface area contributed by atoms with E-state index in [4.69, 9.17) is 10.5 Å². The van der Waals surface area contributed by atoms with Gasteiger partial charge in [0.05, 0.1) is 24.2 Å². The second-order valence-electron chi connectivity index (χ2n) is 4.45. The van der Waals surface area contributed by atoms with Crippen LogP contribution in [0, 0.1) is 0 Å². The van der Waals surface area contributed by atoms with Gasteiger partial charge in [-0.3, -0.25) is 9.71 Å². The Hall–Kier alpha value is -2.28. The van der Waals surface area contributed by atoms with Gasteiger partial charge < -0.3 is 10.5 Å². The van der Waals surface area contributed by atoms with Crippen LogP contribution in [0.4, 0.5) is 11.4 Å². The number of nitrogens with two attached hydrogens (primary N) is 1. The zero-order chi connectivity index (χ0) is 15.3.